The number of hydrogen-bond acceptors (Lipinski definition) is 8. The summed E-state index contributed by atoms with van der Waals surface area (Å²) in [7, 11) is 1.58. The van der Waals surface area contributed by atoms with Gasteiger partial charge in [0.1, 0.15) is 17.2 Å². The van der Waals surface area contributed by atoms with Crippen molar-refractivity contribution in [1.82, 2.24) is 30.6 Å². The molecule has 2 aromatic carbocycles. The van der Waals surface area contributed by atoms with E-state index in [2.05, 4.69) is 47.3 Å². The van der Waals surface area contributed by atoms with E-state index < -0.39 is 5.91 Å². The lowest BCUT2D eigenvalue weighted by atomic mass is 10.0. The lowest BCUT2D eigenvalue weighted by molar-refractivity contribution is 0.1000. The summed E-state index contributed by atoms with van der Waals surface area (Å²) in [6, 6.07) is 19.0. The second-order valence-electron chi connectivity index (χ2n) is 8.98. The highest BCUT2D eigenvalue weighted by Gasteiger charge is 2.18. The quantitative estimate of drug-likeness (QED) is 0.210. The minimum atomic E-state index is -0.636. The van der Waals surface area contributed by atoms with Gasteiger partial charge in [0.05, 0.1) is 5.69 Å². The SMILES string of the molecule is CNC(=O)NCc1cccc(C[C@H](C)Nc2nccc(Nc3nc(-c4ccccc4)nc(C)c3C(N)=O)n2)c1. The summed E-state index contributed by atoms with van der Waals surface area (Å²) in [5.74, 6) is 0.965. The van der Waals surface area contributed by atoms with Crippen molar-refractivity contribution in [3.05, 3.63) is 89.2 Å². The molecule has 0 unspecified atom stereocenters. The average Bonchev–Trinajstić information content (AvgIpc) is 2.92. The molecule has 200 valence electrons. The molecule has 39 heavy (non-hydrogen) atoms. The second-order valence-corrected chi connectivity index (χ2v) is 8.98. The van der Waals surface area contributed by atoms with E-state index in [0.717, 1.165) is 16.7 Å². The molecule has 0 aliphatic heterocycles. The first-order valence-corrected chi connectivity index (χ1v) is 12.5. The molecule has 0 saturated carbocycles. The molecule has 4 aromatic rings. The first kappa shape index (κ1) is 27.0. The summed E-state index contributed by atoms with van der Waals surface area (Å²) in [6.45, 7) is 4.19. The van der Waals surface area contributed by atoms with E-state index in [1.54, 1.807) is 26.2 Å². The molecular formula is C28H31N9O2. The summed E-state index contributed by atoms with van der Waals surface area (Å²) in [5, 5.41) is 11.8. The van der Waals surface area contributed by atoms with Gasteiger partial charge in [-0.3, -0.25) is 4.79 Å². The van der Waals surface area contributed by atoms with E-state index in [1.165, 1.54) is 0 Å². The fourth-order valence-electron chi connectivity index (χ4n) is 4.06. The summed E-state index contributed by atoms with van der Waals surface area (Å²) in [6.07, 6.45) is 2.33. The Hall–Kier alpha value is -5.06. The Labute approximate surface area is 226 Å². The molecule has 0 spiro atoms. The maximum Gasteiger partial charge on any atom is 0.314 e. The van der Waals surface area contributed by atoms with Crippen molar-refractivity contribution in [3.8, 4) is 11.4 Å². The lowest BCUT2D eigenvalue weighted by Crippen LogP contribution is -2.32. The van der Waals surface area contributed by atoms with E-state index in [-0.39, 0.29) is 23.5 Å². The number of carbonyl (C=O) groups excluding carboxylic acids is 2. The molecule has 4 rings (SSSR count). The van der Waals surface area contributed by atoms with Gasteiger partial charge >= 0.3 is 6.03 Å². The standard InChI is InChI=1S/C28H31N9O2/c1-17(14-19-8-7-9-20(15-19)16-32-28(39)30-3)33-27-31-13-12-22(36-27)35-26-23(24(29)38)18(2)34-25(37-26)21-10-5-4-6-11-21/h4-13,15,17H,14,16H2,1-3H3,(H2,29,38)(H2,30,32,39)(H2,31,33,34,35,36,37)/t17-/m0/s1. The van der Waals surface area contributed by atoms with Crippen LogP contribution in [-0.2, 0) is 13.0 Å². The number of rotatable bonds is 10. The van der Waals surface area contributed by atoms with Crippen molar-refractivity contribution < 1.29 is 9.59 Å². The average molecular weight is 526 g/mol. The van der Waals surface area contributed by atoms with Crippen LogP contribution in [0.15, 0.2) is 66.9 Å². The van der Waals surface area contributed by atoms with Crippen LogP contribution in [0.1, 0.15) is 34.1 Å². The summed E-state index contributed by atoms with van der Waals surface area (Å²) < 4.78 is 0. The Balaban J connectivity index is 1.48. The normalized spacial score (nSPS) is 11.4. The number of nitrogens with two attached hydrogens (primary N) is 1. The smallest absolute Gasteiger partial charge is 0.314 e. The molecule has 0 fully saturated rings. The van der Waals surface area contributed by atoms with Gasteiger partial charge in [-0.1, -0.05) is 54.6 Å². The van der Waals surface area contributed by atoms with Crippen LogP contribution in [-0.4, -0.2) is 45.0 Å². The molecule has 0 aliphatic rings. The van der Waals surface area contributed by atoms with Crippen molar-refractivity contribution >= 4 is 29.5 Å². The van der Waals surface area contributed by atoms with Crippen LogP contribution in [0.2, 0.25) is 0 Å². The summed E-state index contributed by atoms with van der Waals surface area (Å²) in [4.78, 5) is 41.6. The van der Waals surface area contributed by atoms with E-state index in [0.29, 0.717) is 36.3 Å². The van der Waals surface area contributed by atoms with Crippen LogP contribution in [0.25, 0.3) is 11.4 Å². The van der Waals surface area contributed by atoms with Crippen molar-refractivity contribution in [1.29, 1.82) is 0 Å². The minimum Gasteiger partial charge on any atom is -0.365 e. The van der Waals surface area contributed by atoms with E-state index in [1.807, 2.05) is 55.5 Å². The molecule has 3 amide bonds. The molecule has 11 heteroatoms. The van der Waals surface area contributed by atoms with Gasteiger partial charge in [0.2, 0.25) is 5.95 Å². The monoisotopic (exact) mass is 525 g/mol. The molecular weight excluding hydrogens is 494 g/mol. The molecule has 0 radical (unpaired) electrons. The Kier molecular flexibility index (Phi) is 8.62. The van der Waals surface area contributed by atoms with Crippen LogP contribution in [0.4, 0.5) is 22.4 Å². The number of carbonyl (C=O) groups is 2. The maximum absolute atomic E-state index is 12.2. The van der Waals surface area contributed by atoms with Gasteiger partial charge in [-0.15, -0.1) is 0 Å². The highest BCUT2D eigenvalue weighted by atomic mass is 16.2. The van der Waals surface area contributed by atoms with Crippen LogP contribution in [0.5, 0.6) is 0 Å². The number of amides is 3. The maximum atomic E-state index is 12.2. The molecule has 2 heterocycles. The van der Waals surface area contributed by atoms with Gasteiger partial charge in [0.15, 0.2) is 5.82 Å². The lowest BCUT2D eigenvalue weighted by Gasteiger charge is -2.16. The topological polar surface area (TPSA) is 160 Å². The third-order valence-electron chi connectivity index (χ3n) is 5.86. The highest BCUT2D eigenvalue weighted by Crippen LogP contribution is 2.24. The molecule has 1 atom stereocenters. The van der Waals surface area contributed by atoms with Gasteiger partial charge in [0.25, 0.3) is 5.91 Å². The number of aryl methyl sites for hydroxylation is 1. The fraction of sp³-hybridized carbons (Fsp3) is 0.214. The van der Waals surface area contributed by atoms with Gasteiger partial charge < -0.3 is 27.0 Å². The molecule has 6 N–H and O–H groups in total. The number of primary amides is 1. The third kappa shape index (κ3) is 7.25. The number of urea groups is 1. The van der Waals surface area contributed by atoms with Gasteiger partial charge in [-0.25, -0.2) is 19.7 Å². The van der Waals surface area contributed by atoms with Gasteiger partial charge in [0, 0.05) is 31.4 Å². The highest BCUT2D eigenvalue weighted by molar-refractivity contribution is 5.99. The largest absolute Gasteiger partial charge is 0.365 e. The number of benzene rings is 2. The number of nitrogens with one attached hydrogen (secondary N) is 4. The molecule has 2 aromatic heterocycles. The number of hydrogen-bond donors (Lipinski definition) is 5. The van der Waals surface area contributed by atoms with Crippen molar-refractivity contribution in [3.63, 3.8) is 0 Å². The van der Waals surface area contributed by atoms with Crippen molar-refractivity contribution in [2.75, 3.05) is 17.7 Å². The Morgan fingerprint density at radius 3 is 2.49 bits per heavy atom. The molecule has 0 saturated heterocycles. The zero-order valence-electron chi connectivity index (χ0n) is 22.0. The number of aromatic nitrogens is 4. The first-order chi connectivity index (χ1) is 18.8. The molecule has 0 bridgehead atoms. The zero-order valence-corrected chi connectivity index (χ0v) is 22.0. The van der Waals surface area contributed by atoms with Crippen LogP contribution in [0.3, 0.4) is 0 Å². The second kappa shape index (κ2) is 12.5. The zero-order chi connectivity index (χ0) is 27.8. The molecule has 11 nitrogen and oxygen atoms in total. The summed E-state index contributed by atoms with van der Waals surface area (Å²) in [5.41, 5.74) is 9.24. The van der Waals surface area contributed by atoms with Crippen LogP contribution >= 0.6 is 0 Å². The predicted molar refractivity (Wildman–Crippen MR) is 151 cm³/mol. The van der Waals surface area contributed by atoms with Crippen LogP contribution in [0, 0.1) is 6.92 Å². The minimum absolute atomic E-state index is 0.00885. The fourth-order valence-corrected chi connectivity index (χ4v) is 4.06. The number of anilines is 3. The van der Waals surface area contributed by atoms with Crippen molar-refractivity contribution in [2.24, 2.45) is 5.73 Å². The Bertz CT molecular complexity index is 1460. The first-order valence-electron chi connectivity index (χ1n) is 12.5. The third-order valence-corrected chi connectivity index (χ3v) is 5.86. The molecule has 0 aliphatic carbocycles. The van der Waals surface area contributed by atoms with E-state index in [9.17, 15) is 9.59 Å². The van der Waals surface area contributed by atoms with Gasteiger partial charge in [-0.2, -0.15) is 4.98 Å². The predicted octanol–water partition coefficient (Wildman–Crippen LogP) is 3.56. The Morgan fingerprint density at radius 2 is 1.74 bits per heavy atom. The number of nitrogens with zero attached hydrogens (tertiary/aromatic N) is 4. The van der Waals surface area contributed by atoms with E-state index >= 15 is 0 Å². The van der Waals surface area contributed by atoms with Crippen LogP contribution < -0.4 is 27.0 Å². The Morgan fingerprint density at radius 1 is 0.974 bits per heavy atom. The van der Waals surface area contributed by atoms with Crippen molar-refractivity contribution in [2.45, 2.75) is 32.9 Å². The summed E-state index contributed by atoms with van der Waals surface area (Å²) >= 11 is 0. The van der Waals surface area contributed by atoms with Gasteiger partial charge in [-0.05, 0) is 37.5 Å². The van der Waals surface area contributed by atoms with E-state index in [4.69, 9.17) is 5.73 Å².